The van der Waals surface area contributed by atoms with Crippen LogP contribution in [0, 0.1) is 18.8 Å². The Bertz CT molecular complexity index is 1690. The van der Waals surface area contributed by atoms with Gasteiger partial charge >= 0.3 is 6.03 Å². The van der Waals surface area contributed by atoms with Gasteiger partial charge in [-0.15, -0.1) is 0 Å². The second-order valence-electron chi connectivity index (χ2n) is 12.9. The highest BCUT2D eigenvalue weighted by Crippen LogP contribution is 2.25. The fraction of sp³-hybridized carbons (Fsp3) is 0.429. The third-order valence-electron chi connectivity index (χ3n) is 8.22. The van der Waals surface area contributed by atoms with E-state index >= 15 is 0 Å². The van der Waals surface area contributed by atoms with Crippen LogP contribution in [0.3, 0.4) is 0 Å². The standard InChI is InChI=1S/C35H45N5O7S/c1-23(2)19-38(48(46,47)28-14-15-30(41)25(5)17-28)21-31(42)29(18-26-11-7-6-8-12-26)37-34(44)33(24(3)4)40-22-32(43)39(35(40)45)20-27-13-9-10-16-36-27/h6-17,23-24,29,31,33,41-42H,18-22H2,1-5H3,(H,37,44)/t29-,31+,33-/m0/s1. The molecule has 13 heteroatoms. The molecule has 2 aromatic carbocycles. The fourth-order valence-electron chi connectivity index (χ4n) is 5.76. The van der Waals surface area contributed by atoms with E-state index in [1.807, 2.05) is 44.2 Å². The van der Waals surface area contributed by atoms with Gasteiger partial charge in [-0.1, -0.05) is 64.1 Å². The number of aliphatic hydroxyl groups is 1. The van der Waals surface area contributed by atoms with Crippen molar-refractivity contribution in [1.29, 1.82) is 0 Å². The highest BCUT2D eigenvalue weighted by Gasteiger charge is 2.44. The zero-order valence-electron chi connectivity index (χ0n) is 28.0. The van der Waals surface area contributed by atoms with Crippen LogP contribution in [-0.4, -0.2) is 93.4 Å². The van der Waals surface area contributed by atoms with Gasteiger partial charge in [0.1, 0.15) is 18.3 Å². The predicted octanol–water partition coefficient (Wildman–Crippen LogP) is 3.32. The van der Waals surface area contributed by atoms with Gasteiger partial charge in [-0.05, 0) is 66.6 Å². The Kier molecular flexibility index (Phi) is 11.9. The van der Waals surface area contributed by atoms with Crippen LogP contribution in [-0.2, 0) is 32.6 Å². The van der Waals surface area contributed by atoms with E-state index in [0.29, 0.717) is 11.3 Å². The minimum absolute atomic E-state index is 0.0263. The Morgan fingerprint density at radius 3 is 2.29 bits per heavy atom. The lowest BCUT2D eigenvalue weighted by molar-refractivity contribution is -0.129. The summed E-state index contributed by atoms with van der Waals surface area (Å²) >= 11 is 0. The molecule has 2 heterocycles. The number of amides is 4. The molecule has 0 saturated carbocycles. The van der Waals surface area contributed by atoms with Crippen molar-refractivity contribution in [3.63, 3.8) is 0 Å². The second kappa shape index (κ2) is 15.7. The molecule has 1 saturated heterocycles. The van der Waals surface area contributed by atoms with E-state index in [1.165, 1.54) is 27.4 Å². The van der Waals surface area contributed by atoms with Crippen molar-refractivity contribution in [2.75, 3.05) is 19.6 Å². The number of aliphatic hydroxyl groups excluding tert-OH is 1. The number of rotatable bonds is 15. The topological polar surface area (TPSA) is 160 Å². The highest BCUT2D eigenvalue weighted by molar-refractivity contribution is 7.89. The van der Waals surface area contributed by atoms with Gasteiger partial charge in [0, 0.05) is 19.3 Å². The molecule has 3 atom stereocenters. The molecular formula is C35H45N5O7S. The molecule has 3 aromatic rings. The van der Waals surface area contributed by atoms with Gasteiger partial charge in [-0.25, -0.2) is 13.2 Å². The quantitative estimate of drug-likeness (QED) is 0.206. The summed E-state index contributed by atoms with van der Waals surface area (Å²) in [6, 6.07) is 15.8. The highest BCUT2D eigenvalue weighted by atomic mass is 32.2. The first kappa shape index (κ1) is 36.5. The molecule has 1 aliphatic heterocycles. The fourth-order valence-corrected chi connectivity index (χ4v) is 7.47. The molecule has 48 heavy (non-hydrogen) atoms. The maximum absolute atomic E-state index is 14.0. The van der Waals surface area contributed by atoms with Gasteiger partial charge in [0.05, 0.1) is 29.3 Å². The van der Waals surface area contributed by atoms with E-state index in [4.69, 9.17) is 0 Å². The summed E-state index contributed by atoms with van der Waals surface area (Å²) in [6.45, 7) is 8.30. The summed E-state index contributed by atoms with van der Waals surface area (Å²) in [5, 5.41) is 24.6. The Hall–Kier alpha value is -4.33. The number of imide groups is 1. The average molecular weight is 680 g/mol. The number of nitrogens with zero attached hydrogens (tertiary/aromatic N) is 4. The first-order valence-corrected chi connectivity index (χ1v) is 17.5. The Morgan fingerprint density at radius 1 is 1.00 bits per heavy atom. The summed E-state index contributed by atoms with van der Waals surface area (Å²) in [6.07, 6.45) is 0.385. The van der Waals surface area contributed by atoms with Crippen LogP contribution in [0.5, 0.6) is 5.75 Å². The molecule has 258 valence electrons. The number of aryl methyl sites for hydroxylation is 1. The van der Waals surface area contributed by atoms with Gasteiger partial charge in [-0.3, -0.25) is 19.5 Å². The number of hydrogen-bond donors (Lipinski definition) is 3. The summed E-state index contributed by atoms with van der Waals surface area (Å²) in [5.74, 6) is -1.55. The van der Waals surface area contributed by atoms with Crippen LogP contribution >= 0.6 is 0 Å². The molecule has 0 radical (unpaired) electrons. The second-order valence-corrected chi connectivity index (χ2v) is 14.9. The number of aromatic hydroxyl groups is 1. The van der Waals surface area contributed by atoms with Gasteiger partial charge in [0.15, 0.2) is 0 Å². The smallest absolute Gasteiger partial charge is 0.328 e. The largest absolute Gasteiger partial charge is 0.508 e. The van der Waals surface area contributed by atoms with Gasteiger partial charge in [0.2, 0.25) is 15.9 Å². The van der Waals surface area contributed by atoms with Crippen molar-refractivity contribution in [3.05, 3.63) is 89.7 Å². The summed E-state index contributed by atoms with van der Waals surface area (Å²) in [7, 11) is -4.11. The number of carbonyl (C=O) groups excluding carboxylic acids is 3. The van der Waals surface area contributed by atoms with Crippen LogP contribution in [0.4, 0.5) is 4.79 Å². The van der Waals surface area contributed by atoms with E-state index < -0.39 is 52.0 Å². The van der Waals surface area contributed by atoms with Crippen molar-refractivity contribution in [3.8, 4) is 5.75 Å². The molecule has 1 aliphatic rings. The monoisotopic (exact) mass is 679 g/mol. The number of phenols is 1. The molecule has 0 bridgehead atoms. The van der Waals surface area contributed by atoms with Crippen LogP contribution in [0.15, 0.2) is 77.8 Å². The summed E-state index contributed by atoms with van der Waals surface area (Å²) in [4.78, 5) is 47.0. The SMILES string of the molecule is Cc1cc(S(=O)(=O)N(CC(C)C)C[C@@H](O)[C@H](Cc2ccccc2)NC(=O)[C@H](C(C)C)N2CC(=O)N(Cc3ccccn3)C2=O)ccc1O. The zero-order valence-corrected chi connectivity index (χ0v) is 28.8. The van der Waals surface area contributed by atoms with Crippen molar-refractivity contribution < 1.29 is 33.0 Å². The van der Waals surface area contributed by atoms with Crippen molar-refractivity contribution in [2.45, 2.75) is 70.7 Å². The van der Waals surface area contributed by atoms with Gasteiger partial charge < -0.3 is 20.4 Å². The number of carbonyl (C=O) groups is 3. The normalized spacial score (nSPS) is 15.8. The number of aromatic nitrogens is 1. The lowest BCUT2D eigenvalue weighted by Crippen LogP contribution is -2.57. The molecular weight excluding hydrogens is 634 g/mol. The molecule has 0 spiro atoms. The third-order valence-corrected chi connectivity index (χ3v) is 10.0. The molecule has 1 fully saturated rings. The molecule has 12 nitrogen and oxygen atoms in total. The molecule has 4 amide bonds. The maximum Gasteiger partial charge on any atom is 0.328 e. The number of hydrogen-bond acceptors (Lipinski definition) is 8. The maximum atomic E-state index is 14.0. The van der Waals surface area contributed by atoms with E-state index in [2.05, 4.69) is 10.3 Å². The third kappa shape index (κ3) is 8.77. The number of pyridine rings is 1. The molecule has 4 rings (SSSR count). The predicted molar refractivity (Wildman–Crippen MR) is 180 cm³/mol. The van der Waals surface area contributed by atoms with Crippen LogP contribution in [0.1, 0.15) is 44.5 Å². The summed E-state index contributed by atoms with van der Waals surface area (Å²) < 4.78 is 28.9. The van der Waals surface area contributed by atoms with Crippen LogP contribution < -0.4 is 5.32 Å². The van der Waals surface area contributed by atoms with Crippen LogP contribution in [0.2, 0.25) is 0 Å². The molecule has 1 aromatic heterocycles. The number of urea groups is 1. The average Bonchev–Trinajstić information content (AvgIpc) is 3.30. The Balaban J connectivity index is 1.60. The minimum atomic E-state index is -4.11. The van der Waals surface area contributed by atoms with E-state index in [1.54, 1.807) is 45.2 Å². The number of sulfonamides is 1. The zero-order chi connectivity index (χ0) is 35.2. The molecule has 0 aliphatic carbocycles. The number of phenolic OH excluding ortho intramolecular Hbond substituents is 1. The van der Waals surface area contributed by atoms with Crippen molar-refractivity contribution in [1.82, 2.24) is 24.4 Å². The van der Waals surface area contributed by atoms with E-state index in [0.717, 1.165) is 10.5 Å². The lowest BCUT2D eigenvalue weighted by Gasteiger charge is -2.34. The first-order valence-electron chi connectivity index (χ1n) is 16.0. The summed E-state index contributed by atoms with van der Waals surface area (Å²) in [5.41, 5.74) is 1.72. The molecule has 3 N–H and O–H groups in total. The number of nitrogens with one attached hydrogen (secondary N) is 1. The van der Waals surface area contributed by atoms with Crippen molar-refractivity contribution >= 4 is 27.9 Å². The van der Waals surface area contributed by atoms with Gasteiger partial charge in [-0.2, -0.15) is 4.31 Å². The number of benzene rings is 2. The molecule has 0 unspecified atom stereocenters. The Morgan fingerprint density at radius 2 is 1.69 bits per heavy atom. The van der Waals surface area contributed by atoms with E-state index in [-0.39, 0.29) is 49.2 Å². The Labute approximate surface area is 282 Å². The lowest BCUT2D eigenvalue weighted by atomic mass is 9.97. The van der Waals surface area contributed by atoms with Crippen LogP contribution in [0.25, 0.3) is 0 Å². The van der Waals surface area contributed by atoms with Crippen molar-refractivity contribution in [2.24, 2.45) is 11.8 Å². The van der Waals surface area contributed by atoms with Gasteiger partial charge in [0.25, 0.3) is 5.91 Å². The first-order chi connectivity index (χ1) is 22.7. The van der Waals surface area contributed by atoms with E-state index in [9.17, 15) is 33.0 Å². The minimum Gasteiger partial charge on any atom is -0.508 e.